The number of anilines is 1. The predicted octanol–water partition coefficient (Wildman–Crippen LogP) is 3.87. The third-order valence-electron chi connectivity index (χ3n) is 4.18. The summed E-state index contributed by atoms with van der Waals surface area (Å²) in [6.45, 7) is 3.38. The van der Waals surface area contributed by atoms with E-state index >= 15 is 0 Å². The average molecular weight is 428 g/mol. The number of amides is 1. The average Bonchev–Trinajstić information content (AvgIpc) is 3.06. The number of aromatic nitrogens is 4. The minimum Gasteiger partial charge on any atom is -0.311 e. The zero-order valence-electron chi connectivity index (χ0n) is 15.5. The van der Waals surface area contributed by atoms with Crippen molar-refractivity contribution in [3.05, 3.63) is 51.5 Å². The summed E-state index contributed by atoms with van der Waals surface area (Å²) in [7, 11) is 0. The Hall–Kier alpha value is -2.88. The van der Waals surface area contributed by atoms with E-state index in [2.05, 4.69) is 15.4 Å². The number of hydrogen-bond donors (Lipinski definition) is 1. The van der Waals surface area contributed by atoms with Crippen molar-refractivity contribution in [2.24, 2.45) is 0 Å². The van der Waals surface area contributed by atoms with Crippen molar-refractivity contribution in [1.29, 1.82) is 0 Å². The lowest BCUT2D eigenvalue weighted by molar-refractivity contribution is -0.136. The number of rotatable bonds is 5. The Kier molecular flexibility index (Phi) is 5.65. The van der Waals surface area contributed by atoms with E-state index in [1.165, 1.54) is 23.1 Å². The second kappa shape index (κ2) is 7.86. The van der Waals surface area contributed by atoms with Gasteiger partial charge in [0, 0.05) is 42.9 Å². The van der Waals surface area contributed by atoms with Crippen molar-refractivity contribution in [2.75, 3.05) is 5.32 Å². The van der Waals surface area contributed by atoms with E-state index in [9.17, 15) is 22.8 Å². The lowest BCUT2D eigenvalue weighted by atomic mass is 10.2. The fraction of sp³-hybridized carbons (Fsp3) is 0.333. The summed E-state index contributed by atoms with van der Waals surface area (Å²) in [5.74, 6) is -0.184. The van der Waals surface area contributed by atoms with Gasteiger partial charge in [0.15, 0.2) is 5.65 Å². The molecule has 0 bridgehead atoms. The standard InChI is InChI=1S/C18H17ClF3N5O2/c1-10(2)27-9-12-13(18(20,21)22)7-16(29)26(17(12)25-27)6-5-15(28)24-14-4-3-11(19)8-23-14/h3-4,7-10H,5-6H2,1-2H3,(H,23,24,28). The van der Waals surface area contributed by atoms with E-state index in [1.54, 1.807) is 19.9 Å². The van der Waals surface area contributed by atoms with Crippen LogP contribution in [0, 0.1) is 0 Å². The van der Waals surface area contributed by atoms with Gasteiger partial charge in [-0.2, -0.15) is 18.3 Å². The summed E-state index contributed by atoms with van der Waals surface area (Å²) < 4.78 is 42.5. The van der Waals surface area contributed by atoms with Gasteiger partial charge in [-0.3, -0.25) is 18.8 Å². The number of alkyl halides is 3. The van der Waals surface area contributed by atoms with Gasteiger partial charge in [0.1, 0.15) is 5.82 Å². The van der Waals surface area contributed by atoms with Crippen LogP contribution in [-0.4, -0.2) is 25.2 Å². The first-order valence-electron chi connectivity index (χ1n) is 8.67. The number of fused-ring (bicyclic) bond motifs is 1. The van der Waals surface area contributed by atoms with Crippen LogP contribution in [0.25, 0.3) is 11.0 Å². The van der Waals surface area contributed by atoms with Gasteiger partial charge >= 0.3 is 6.18 Å². The largest absolute Gasteiger partial charge is 0.417 e. The zero-order valence-corrected chi connectivity index (χ0v) is 16.3. The normalized spacial score (nSPS) is 12.0. The highest BCUT2D eigenvalue weighted by atomic mass is 35.5. The zero-order chi connectivity index (χ0) is 21.3. The Bertz CT molecular complexity index is 1100. The Balaban J connectivity index is 1.90. The molecule has 0 aromatic carbocycles. The highest BCUT2D eigenvalue weighted by Gasteiger charge is 2.35. The van der Waals surface area contributed by atoms with Crippen LogP contribution < -0.4 is 10.9 Å². The Morgan fingerprint density at radius 3 is 2.62 bits per heavy atom. The molecule has 1 N–H and O–H groups in total. The van der Waals surface area contributed by atoms with E-state index in [1.807, 2.05) is 0 Å². The monoisotopic (exact) mass is 427 g/mol. The first kappa shape index (κ1) is 20.8. The molecule has 11 heteroatoms. The second-order valence-corrected chi connectivity index (χ2v) is 7.08. The van der Waals surface area contributed by atoms with Crippen LogP contribution in [0.3, 0.4) is 0 Å². The lowest BCUT2D eigenvalue weighted by Gasteiger charge is -2.11. The van der Waals surface area contributed by atoms with Gasteiger partial charge in [0.25, 0.3) is 5.56 Å². The molecule has 7 nitrogen and oxygen atoms in total. The Labute approximate surface area is 168 Å². The smallest absolute Gasteiger partial charge is 0.311 e. The molecule has 3 rings (SSSR count). The van der Waals surface area contributed by atoms with Crippen molar-refractivity contribution in [3.63, 3.8) is 0 Å². The number of nitrogens with zero attached hydrogens (tertiary/aromatic N) is 4. The number of nitrogens with one attached hydrogen (secondary N) is 1. The molecule has 0 fully saturated rings. The predicted molar refractivity (Wildman–Crippen MR) is 102 cm³/mol. The Morgan fingerprint density at radius 2 is 2.03 bits per heavy atom. The highest BCUT2D eigenvalue weighted by molar-refractivity contribution is 6.30. The molecule has 3 aromatic heterocycles. The second-order valence-electron chi connectivity index (χ2n) is 6.65. The molecule has 154 valence electrons. The van der Waals surface area contributed by atoms with E-state index in [0.29, 0.717) is 11.1 Å². The molecule has 3 aromatic rings. The van der Waals surface area contributed by atoms with Crippen LogP contribution in [0.4, 0.5) is 19.0 Å². The minimum atomic E-state index is -4.70. The van der Waals surface area contributed by atoms with E-state index in [0.717, 1.165) is 4.57 Å². The van der Waals surface area contributed by atoms with Crippen LogP contribution in [0.2, 0.25) is 5.02 Å². The number of halogens is 4. The third-order valence-corrected chi connectivity index (χ3v) is 4.41. The molecule has 0 saturated carbocycles. The van der Waals surface area contributed by atoms with Crippen molar-refractivity contribution in [3.8, 4) is 0 Å². The molecule has 0 radical (unpaired) electrons. The van der Waals surface area contributed by atoms with Gasteiger partial charge in [-0.25, -0.2) is 4.98 Å². The fourth-order valence-corrected chi connectivity index (χ4v) is 2.85. The maximum atomic E-state index is 13.4. The van der Waals surface area contributed by atoms with Crippen LogP contribution in [0.15, 0.2) is 35.4 Å². The summed E-state index contributed by atoms with van der Waals surface area (Å²) in [4.78, 5) is 28.4. The number of carbonyl (C=O) groups is 1. The molecular formula is C18H17ClF3N5O2. The van der Waals surface area contributed by atoms with Gasteiger partial charge in [-0.1, -0.05) is 11.6 Å². The summed E-state index contributed by atoms with van der Waals surface area (Å²) in [6, 6.07) is 3.39. The van der Waals surface area contributed by atoms with E-state index < -0.39 is 23.2 Å². The molecule has 29 heavy (non-hydrogen) atoms. The number of carbonyl (C=O) groups excluding carboxylic acids is 1. The molecule has 0 atom stereocenters. The van der Waals surface area contributed by atoms with Crippen molar-refractivity contribution >= 4 is 34.4 Å². The molecular weight excluding hydrogens is 411 g/mol. The van der Waals surface area contributed by atoms with Crippen LogP contribution >= 0.6 is 11.6 Å². The maximum Gasteiger partial charge on any atom is 0.417 e. The molecule has 0 saturated heterocycles. The SMILES string of the molecule is CC(C)n1cc2c(C(F)(F)F)cc(=O)n(CCC(=O)Nc3ccc(Cl)cn3)c2n1. The molecule has 0 unspecified atom stereocenters. The third kappa shape index (κ3) is 4.58. The summed E-state index contributed by atoms with van der Waals surface area (Å²) in [5, 5.41) is 6.89. The first-order valence-corrected chi connectivity index (χ1v) is 9.05. The fourth-order valence-electron chi connectivity index (χ4n) is 2.74. The molecule has 1 amide bonds. The molecule has 0 spiro atoms. The van der Waals surface area contributed by atoms with Crippen LogP contribution in [0.1, 0.15) is 31.9 Å². The molecule has 3 heterocycles. The van der Waals surface area contributed by atoms with Gasteiger partial charge < -0.3 is 5.32 Å². The van der Waals surface area contributed by atoms with Crippen molar-refractivity contribution < 1.29 is 18.0 Å². The van der Waals surface area contributed by atoms with Gasteiger partial charge in [-0.05, 0) is 26.0 Å². The number of aryl methyl sites for hydroxylation is 1. The minimum absolute atomic E-state index is 0.115. The van der Waals surface area contributed by atoms with E-state index in [-0.39, 0.29) is 35.9 Å². The first-order chi connectivity index (χ1) is 13.6. The van der Waals surface area contributed by atoms with Crippen molar-refractivity contribution in [2.45, 2.75) is 39.0 Å². The van der Waals surface area contributed by atoms with Crippen LogP contribution in [-0.2, 0) is 17.5 Å². The molecule has 0 aliphatic heterocycles. The van der Waals surface area contributed by atoms with E-state index in [4.69, 9.17) is 11.6 Å². The summed E-state index contributed by atoms with van der Waals surface area (Å²) in [5.41, 5.74) is -2.04. The van der Waals surface area contributed by atoms with Gasteiger partial charge in [0.2, 0.25) is 5.91 Å². The quantitative estimate of drug-likeness (QED) is 0.670. The number of pyridine rings is 2. The van der Waals surface area contributed by atoms with Gasteiger partial charge in [0.05, 0.1) is 10.6 Å². The summed E-state index contributed by atoms with van der Waals surface area (Å²) >= 11 is 5.73. The topological polar surface area (TPSA) is 81.8 Å². The van der Waals surface area contributed by atoms with Crippen molar-refractivity contribution in [1.82, 2.24) is 19.3 Å². The summed E-state index contributed by atoms with van der Waals surface area (Å²) in [6.07, 6.45) is -2.23. The van der Waals surface area contributed by atoms with Gasteiger partial charge in [-0.15, -0.1) is 0 Å². The maximum absolute atomic E-state index is 13.4. The number of hydrogen-bond acceptors (Lipinski definition) is 4. The molecule has 0 aliphatic rings. The lowest BCUT2D eigenvalue weighted by Crippen LogP contribution is -2.25. The van der Waals surface area contributed by atoms with Crippen LogP contribution in [0.5, 0.6) is 0 Å². The Morgan fingerprint density at radius 1 is 1.31 bits per heavy atom. The molecule has 0 aliphatic carbocycles. The highest BCUT2D eigenvalue weighted by Crippen LogP contribution is 2.33.